The van der Waals surface area contributed by atoms with Crippen LogP contribution < -0.4 is 5.32 Å². The molecule has 112 valence electrons. The summed E-state index contributed by atoms with van der Waals surface area (Å²) in [6.07, 6.45) is -0.709. The summed E-state index contributed by atoms with van der Waals surface area (Å²) in [6.45, 7) is 4.68. The van der Waals surface area contributed by atoms with E-state index in [1.807, 2.05) is 12.1 Å². The summed E-state index contributed by atoms with van der Waals surface area (Å²) >= 11 is 12.0. The first-order chi connectivity index (χ1) is 9.97. The van der Waals surface area contributed by atoms with Gasteiger partial charge in [-0.25, -0.2) is 0 Å². The quantitative estimate of drug-likeness (QED) is 0.786. The van der Waals surface area contributed by atoms with E-state index in [9.17, 15) is 5.11 Å². The number of rotatable bonds is 5. The lowest BCUT2D eigenvalue weighted by atomic mass is 10.0. The zero-order valence-electron chi connectivity index (χ0n) is 12.1. The lowest BCUT2D eigenvalue weighted by Crippen LogP contribution is -2.12. The van der Waals surface area contributed by atoms with Crippen LogP contribution in [0.15, 0.2) is 42.5 Å². The van der Waals surface area contributed by atoms with Crippen molar-refractivity contribution in [2.45, 2.75) is 25.9 Å². The van der Waals surface area contributed by atoms with Crippen molar-refractivity contribution in [3.05, 3.63) is 63.6 Å². The summed E-state index contributed by atoms with van der Waals surface area (Å²) in [4.78, 5) is 0. The number of benzene rings is 2. The number of hydrogen-bond acceptors (Lipinski definition) is 2. The van der Waals surface area contributed by atoms with Crippen molar-refractivity contribution >= 4 is 28.9 Å². The summed E-state index contributed by atoms with van der Waals surface area (Å²) in [6, 6.07) is 13.3. The Kier molecular flexibility index (Phi) is 5.51. The third-order valence-electron chi connectivity index (χ3n) is 3.37. The molecule has 2 rings (SSSR count). The molecular weight excluding hydrogens is 305 g/mol. The molecule has 0 saturated carbocycles. The summed E-state index contributed by atoms with van der Waals surface area (Å²) < 4.78 is 0. The van der Waals surface area contributed by atoms with Crippen LogP contribution in [0.25, 0.3) is 0 Å². The second kappa shape index (κ2) is 7.17. The van der Waals surface area contributed by atoms with Crippen LogP contribution in [0.4, 0.5) is 5.69 Å². The SMILES string of the molecule is CC(C)c1cccc(NCC(O)c2cc(Cl)ccc2Cl)c1. The smallest absolute Gasteiger partial charge is 0.0977 e. The van der Waals surface area contributed by atoms with Crippen molar-refractivity contribution in [2.24, 2.45) is 0 Å². The Bertz CT molecular complexity index is 613. The average Bonchev–Trinajstić information content (AvgIpc) is 2.47. The van der Waals surface area contributed by atoms with Gasteiger partial charge in [-0.1, -0.05) is 49.2 Å². The molecule has 0 aliphatic carbocycles. The molecule has 0 spiro atoms. The molecule has 2 aromatic rings. The van der Waals surface area contributed by atoms with Gasteiger partial charge in [-0.3, -0.25) is 0 Å². The van der Waals surface area contributed by atoms with E-state index in [1.165, 1.54) is 5.56 Å². The minimum atomic E-state index is -0.709. The molecule has 2 aromatic carbocycles. The first-order valence-corrected chi connectivity index (χ1v) is 7.70. The van der Waals surface area contributed by atoms with E-state index >= 15 is 0 Å². The Morgan fingerprint density at radius 1 is 1.10 bits per heavy atom. The van der Waals surface area contributed by atoms with Gasteiger partial charge in [0.15, 0.2) is 0 Å². The predicted octanol–water partition coefficient (Wildman–Crippen LogP) is 5.26. The van der Waals surface area contributed by atoms with Gasteiger partial charge in [0.1, 0.15) is 0 Å². The molecule has 0 bridgehead atoms. The molecule has 0 heterocycles. The first-order valence-electron chi connectivity index (χ1n) is 6.94. The Hall–Kier alpha value is -1.22. The van der Waals surface area contributed by atoms with E-state index < -0.39 is 6.10 Å². The summed E-state index contributed by atoms with van der Waals surface area (Å²) in [7, 11) is 0. The van der Waals surface area contributed by atoms with Crippen LogP contribution in [-0.2, 0) is 0 Å². The Morgan fingerprint density at radius 3 is 2.57 bits per heavy atom. The van der Waals surface area contributed by atoms with Crippen molar-refractivity contribution in [3.63, 3.8) is 0 Å². The number of nitrogens with one attached hydrogen (secondary N) is 1. The normalized spacial score (nSPS) is 12.5. The fourth-order valence-corrected chi connectivity index (χ4v) is 2.53. The molecule has 0 aromatic heterocycles. The highest BCUT2D eigenvalue weighted by Gasteiger charge is 2.12. The fraction of sp³-hybridized carbons (Fsp3) is 0.294. The van der Waals surface area contributed by atoms with Crippen molar-refractivity contribution in [1.29, 1.82) is 0 Å². The third-order valence-corrected chi connectivity index (χ3v) is 3.95. The van der Waals surface area contributed by atoms with Crippen LogP contribution in [0.3, 0.4) is 0 Å². The van der Waals surface area contributed by atoms with Crippen LogP contribution in [0, 0.1) is 0 Å². The van der Waals surface area contributed by atoms with Gasteiger partial charge in [0, 0.05) is 27.8 Å². The average molecular weight is 324 g/mol. The van der Waals surface area contributed by atoms with Crippen LogP contribution in [0.2, 0.25) is 10.0 Å². The van der Waals surface area contributed by atoms with Gasteiger partial charge >= 0.3 is 0 Å². The monoisotopic (exact) mass is 323 g/mol. The van der Waals surface area contributed by atoms with Gasteiger partial charge in [0.2, 0.25) is 0 Å². The van der Waals surface area contributed by atoms with E-state index in [-0.39, 0.29) is 0 Å². The molecule has 0 radical (unpaired) electrons. The van der Waals surface area contributed by atoms with E-state index in [0.717, 1.165) is 5.69 Å². The first kappa shape index (κ1) is 16.2. The number of aliphatic hydroxyl groups excluding tert-OH is 1. The number of hydrogen-bond donors (Lipinski definition) is 2. The molecule has 0 saturated heterocycles. The van der Waals surface area contributed by atoms with E-state index in [2.05, 4.69) is 31.3 Å². The minimum absolute atomic E-state index is 0.377. The Balaban J connectivity index is 2.05. The maximum Gasteiger partial charge on any atom is 0.0977 e. The number of halogens is 2. The van der Waals surface area contributed by atoms with Crippen LogP contribution in [0.5, 0.6) is 0 Å². The molecule has 0 amide bonds. The highest BCUT2D eigenvalue weighted by molar-refractivity contribution is 6.33. The second-order valence-corrected chi connectivity index (χ2v) is 6.19. The molecule has 1 atom stereocenters. The topological polar surface area (TPSA) is 32.3 Å². The molecular formula is C17H19Cl2NO. The zero-order valence-corrected chi connectivity index (χ0v) is 13.6. The highest BCUT2D eigenvalue weighted by atomic mass is 35.5. The summed E-state index contributed by atoms with van der Waals surface area (Å²) in [5.74, 6) is 0.471. The van der Waals surface area contributed by atoms with Crippen LogP contribution in [-0.4, -0.2) is 11.7 Å². The largest absolute Gasteiger partial charge is 0.387 e. The minimum Gasteiger partial charge on any atom is -0.387 e. The molecule has 2 nitrogen and oxygen atoms in total. The molecule has 2 N–H and O–H groups in total. The predicted molar refractivity (Wildman–Crippen MR) is 90.4 cm³/mol. The zero-order chi connectivity index (χ0) is 15.4. The maximum atomic E-state index is 10.3. The van der Waals surface area contributed by atoms with Gasteiger partial charge in [-0.15, -0.1) is 0 Å². The summed E-state index contributed by atoms with van der Waals surface area (Å²) in [5, 5.41) is 14.6. The highest BCUT2D eigenvalue weighted by Crippen LogP contribution is 2.27. The van der Waals surface area contributed by atoms with Crippen molar-refractivity contribution in [3.8, 4) is 0 Å². The fourth-order valence-electron chi connectivity index (χ4n) is 2.10. The van der Waals surface area contributed by atoms with Crippen molar-refractivity contribution in [1.82, 2.24) is 0 Å². The number of aliphatic hydroxyl groups is 1. The summed E-state index contributed by atoms with van der Waals surface area (Å²) in [5.41, 5.74) is 2.88. The van der Waals surface area contributed by atoms with Gasteiger partial charge in [-0.05, 0) is 41.8 Å². The number of anilines is 1. The van der Waals surface area contributed by atoms with Crippen molar-refractivity contribution in [2.75, 3.05) is 11.9 Å². The van der Waals surface area contributed by atoms with E-state index in [0.29, 0.717) is 28.1 Å². The van der Waals surface area contributed by atoms with Gasteiger partial charge in [-0.2, -0.15) is 0 Å². The Labute approximate surface area is 135 Å². The maximum absolute atomic E-state index is 10.3. The molecule has 21 heavy (non-hydrogen) atoms. The molecule has 1 unspecified atom stereocenters. The third kappa shape index (κ3) is 4.37. The Morgan fingerprint density at radius 2 is 1.86 bits per heavy atom. The molecule has 0 fully saturated rings. The van der Waals surface area contributed by atoms with Gasteiger partial charge < -0.3 is 10.4 Å². The molecule has 4 heteroatoms. The van der Waals surface area contributed by atoms with Gasteiger partial charge in [0.05, 0.1) is 6.10 Å². The standard InChI is InChI=1S/C17H19Cl2NO/c1-11(2)12-4-3-5-14(8-12)20-10-17(21)15-9-13(18)6-7-16(15)19/h3-9,11,17,20-21H,10H2,1-2H3. The van der Waals surface area contributed by atoms with E-state index in [1.54, 1.807) is 18.2 Å². The molecule has 0 aliphatic rings. The van der Waals surface area contributed by atoms with Crippen LogP contribution >= 0.6 is 23.2 Å². The van der Waals surface area contributed by atoms with E-state index in [4.69, 9.17) is 23.2 Å². The molecule has 0 aliphatic heterocycles. The lowest BCUT2D eigenvalue weighted by Gasteiger charge is -2.16. The lowest BCUT2D eigenvalue weighted by molar-refractivity contribution is 0.192. The van der Waals surface area contributed by atoms with Gasteiger partial charge in [0.25, 0.3) is 0 Å². The van der Waals surface area contributed by atoms with Crippen molar-refractivity contribution < 1.29 is 5.11 Å². The van der Waals surface area contributed by atoms with Crippen LogP contribution in [0.1, 0.15) is 37.0 Å². The second-order valence-electron chi connectivity index (χ2n) is 5.34.